The van der Waals surface area contributed by atoms with Crippen molar-refractivity contribution in [3.05, 3.63) is 82.3 Å². The van der Waals surface area contributed by atoms with E-state index in [9.17, 15) is 19.6 Å². The number of nitriles is 1. The summed E-state index contributed by atoms with van der Waals surface area (Å²) in [4.78, 5) is 42.1. The third-order valence-electron chi connectivity index (χ3n) is 6.72. The topological polar surface area (TPSA) is 126 Å². The molecule has 0 spiro atoms. The normalized spacial score (nSPS) is 18.7. The molecule has 2 aromatic carbocycles. The number of methoxy groups -OCH3 is 2. The van der Waals surface area contributed by atoms with Crippen molar-refractivity contribution in [2.75, 3.05) is 31.1 Å². The van der Waals surface area contributed by atoms with Crippen molar-refractivity contribution in [3.8, 4) is 6.07 Å². The molecule has 1 amide bonds. The smallest absolute Gasteiger partial charge is 0.355 e. The summed E-state index contributed by atoms with van der Waals surface area (Å²) in [5, 5.41) is 10.2. The first-order chi connectivity index (χ1) is 17.1. The summed E-state index contributed by atoms with van der Waals surface area (Å²) in [7, 11) is 4.08. The Balaban J connectivity index is 2.05. The molecule has 0 saturated carbocycles. The van der Waals surface area contributed by atoms with Gasteiger partial charge >= 0.3 is 11.9 Å². The highest BCUT2D eigenvalue weighted by atomic mass is 16.5. The van der Waals surface area contributed by atoms with Crippen LogP contribution >= 0.6 is 0 Å². The van der Waals surface area contributed by atoms with Crippen molar-refractivity contribution < 1.29 is 23.9 Å². The zero-order valence-corrected chi connectivity index (χ0v) is 20.7. The number of ether oxygens (including phenoxy) is 2. The molecule has 0 radical (unpaired) electrons. The molecule has 2 N–H and O–H groups in total. The number of esters is 2. The van der Waals surface area contributed by atoms with E-state index in [1.165, 1.54) is 19.1 Å². The zero-order valence-electron chi connectivity index (χ0n) is 20.7. The lowest BCUT2D eigenvalue weighted by Crippen LogP contribution is -2.40. The molecule has 1 atom stereocenters. The van der Waals surface area contributed by atoms with E-state index < -0.39 is 23.3 Å². The molecule has 9 heteroatoms. The van der Waals surface area contributed by atoms with Crippen LogP contribution in [0.3, 0.4) is 0 Å². The summed E-state index contributed by atoms with van der Waals surface area (Å²) in [6.45, 7) is 3.61. The Hall–Kier alpha value is -4.58. The Kier molecular flexibility index (Phi) is 6.06. The van der Waals surface area contributed by atoms with Crippen LogP contribution in [-0.4, -0.2) is 39.1 Å². The van der Waals surface area contributed by atoms with Crippen LogP contribution in [0.25, 0.3) is 0 Å². The van der Waals surface area contributed by atoms with Gasteiger partial charge in [-0.3, -0.25) is 9.69 Å². The van der Waals surface area contributed by atoms with Crippen molar-refractivity contribution in [1.29, 1.82) is 5.26 Å². The van der Waals surface area contributed by atoms with Gasteiger partial charge in [0, 0.05) is 18.4 Å². The van der Waals surface area contributed by atoms with Crippen molar-refractivity contribution in [3.63, 3.8) is 0 Å². The number of likely N-dealkylation sites (N-methyl/N-ethyl adjacent to an activating group) is 1. The second kappa shape index (κ2) is 8.89. The highest BCUT2D eigenvalue weighted by molar-refractivity contribution is 6.09. The van der Waals surface area contributed by atoms with Crippen molar-refractivity contribution in [2.45, 2.75) is 25.2 Å². The summed E-state index contributed by atoms with van der Waals surface area (Å²) in [6, 6.07) is 16.1. The van der Waals surface area contributed by atoms with Gasteiger partial charge in [0.1, 0.15) is 11.5 Å². The number of nitrogens with two attached hydrogens (primary N) is 1. The largest absolute Gasteiger partial charge is 0.466 e. The number of carbonyl (C=O) groups is 3. The monoisotopic (exact) mass is 486 g/mol. The SMILES string of the molecule is COC(=O)C1=C(C(=O)OC)N(c2ccc3c(c2)C(C)(C)C(=O)N3C)C(N)=C(C#N)C1c1ccccc1. The molecule has 0 aliphatic carbocycles. The van der Waals surface area contributed by atoms with Crippen LogP contribution in [0, 0.1) is 11.3 Å². The Morgan fingerprint density at radius 1 is 1.06 bits per heavy atom. The first-order valence-electron chi connectivity index (χ1n) is 11.2. The lowest BCUT2D eigenvalue weighted by atomic mass is 9.80. The van der Waals surface area contributed by atoms with E-state index >= 15 is 0 Å². The maximum atomic E-state index is 13.2. The molecule has 0 aromatic heterocycles. The number of amides is 1. The van der Waals surface area contributed by atoms with Crippen LogP contribution in [0.15, 0.2) is 71.2 Å². The molecule has 4 rings (SSSR count). The number of hydrogen-bond donors (Lipinski definition) is 1. The number of nitrogens with zero attached hydrogens (tertiary/aromatic N) is 3. The fourth-order valence-electron chi connectivity index (χ4n) is 4.88. The van der Waals surface area contributed by atoms with Gasteiger partial charge in [-0.2, -0.15) is 5.26 Å². The number of rotatable bonds is 4. The maximum Gasteiger partial charge on any atom is 0.355 e. The second-order valence-corrected chi connectivity index (χ2v) is 9.03. The molecule has 9 nitrogen and oxygen atoms in total. The minimum atomic E-state index is -0.951. The molecule has 2 aliphatic heterocycles. The number of anilines is 2. The van der Waals surface area contributed by atoms with Crippen molar-refractivity contribution in [1.82, 2.24) is 0 Å². The number of carbonyl (C=O) groups excluding carboxylic acids is 3. The quantitative estimate of drug-likeness (QED) is 0.654. The summed E-state index contributed by atoms with van der Waals surface area (Å²) in [5.74, 6) is -2.70. The summed E-state index contributed by atoms with van der Waals surface area (Å²) in [6.07, 6.45) is 0. The molecule has 2 aromatic rings. The second-order valence-electron chi connectivity index (χ2n) is 9.03. The fraction of sp³-hybridized carbons (Fsp3) is 0.259. The van der Waals surface area contributed by atoms with Gasteiger partial charge in [-0.1, -0.05) is 30.3 Å². The summed E-state index contributed by atoms with van der Waals surface area (Å²) < 4.78 is 10.1. The molecular weight excluding hydrogens is 460 g/mol. The Bertz CT molecular complexity index is 1380. The van der Waals surface area contributed by atoms with Crippen LogP contribution in [0.4, 0.5) is 11.4 Å². The van der Waals surface area contributed by atoms with Crippen LogP contribution in [0.2, 0.25) is 0 Å². The number of allylic oxidation sites excluding steroid dienone is 1. The van der Waals surface area contributed by atoms with Gasteiger partial charge in [0.2, 0.25) is 5.91 Å². The minimum Gasteiger partial charge on any atom is -0.466 e. The van der Waals surface area contributed by atoms with E-state index in [0.717, 1.165) is 0 Å². The van der Waals surface area contributed by atoms with Crippen molar-refractivity contribution >= 4 is 29.2 Å². The summed E-state index contributed by atoms with van der Waals surface area (Å²) in [5.41, 5.74) is 7.97. The third-order valence-corrected chi connectivity index (χ3v) is 6.72. The van der Waals surface area contributed by atoms with Gasteiger partial charge < -0.3 is 20.1 Å². The number of fused-ring (bicyclic) bond motifs is 1. The van der Waals surface area contributed by atoms with Crippen LogP contribution in [0.1, 0.15) is 30.9 Å². The minimum absolute atomic E-state index is 0.0326. The average molecular weight is 487 g/mol. The Labute approximate surface area is 209 Å². The Morgan fingerprint density at radius 3 is 2.28 bits per heavy atom. The molecule has 0 saturated heterocycles. The van der Waals surface area contributed by atoms with Crippen LogP contribution in [-0.2, 0) is 29.3 Å². The third kappa shape index (κ3) is 3.50. The van der Waals surface area contributed by atoms with E-state index in [4.69, 9.17) is 15.2 Å². The average Bonchev–Trinajstić information content (AvgIpc) is 3.06. The zero-order chi connectivity index (χ0) is 26.4. The van der Waals surface area contributed by atoms with Crippen molar-refractivity contribution in [2.24, 2.45) is 5.73 Å². The number of benzene rings is 2. The van der Waals surface area contributed by atoms with Gasteiger partial charge in [0.05, 0.1) is 42.8 Å². The molecule has 1 unspecified atom stereocenters. The van der Waals surface area contributed by atoms with E-state index in [0.29, 0.717) is 22.5 Å². The number of hydrogen-bond acceptors (Lipinski definition) is 8. The standard InChI is InChI=1S/C27H26N4O5/c1-27(2)18-13-16(11-12-19(18)30(3)26(27)34)31-22(25(33)36-5)21(24(32)35-4)20(17(14-28)23(31)29)15-9-7-6-8-10-15/h6-13,20H,29H2,1-5H3. The molecule has 2 aliphatic rings. The highest BCUT2D eigenvalue weighted by Crippen LogP contribution is 2.46. The Morgan fingerprint density at radius 2 is 1.69 bits per heavy atom. The molecular formula is C27H26N4O5. The lowest BCUT2D eigenvalue weighted by Gasteiger charge is -2.36. The predicted octanol–water partition coefficient (Wildman–Crippen LogP) is 2.84. The molecule has 36 heavy (non-hydrogen) atoms. The summed E-state index contributed by atoms with van der Waals surface area (Å²) >= 11 is 0. The van der Waals surface area contributed by atoms with E-state index in [1.54, 1.807) is 74.3 Å². The van der Waals surface area contributed by atoms with Gasteiger partial charge in [0.15, 0.2) is 0 Å². The van der Waals surface area contributed by atoms with E-state index in [2.05, 4.69) is 6.07 Å². The fourth-order valence-corrected chi connectivity index (χ4v) is 4.88. The highest BCUT2D eigenvalue weighted by Gasteiger charge is 2.45. The van der Waals surface area contributed by atoms with Gasteiger partial charge in [0.25, 0.3) is 0 Å². The van der Waals surface area contributed by atoms with Gasteiger partial charge in [-0.05, 0) is 43.2 Å². The van der Waals surface area contributed by atoms with Crippen LogP contribution in [0.5, 0.6) is 0 Å². The lowest BCUT2D eigenvalue weighted by molar-refractivity contribution is -0.139. The first kappa shape index (κ1) is 24.5. The van der Waals surface area contributed by atoms with Crippen LogP contribution < -0.4 is 15.5 Å². The molecule has 0 bridgehead atoms. The molecule has 0 fully saturated rings. The van der Waals surface area contributed by atoms with Gasteiger partial charge in [-0.15, -0.1) is 0 Å². The maximum absolute atomic E-state index is 13.2. The van der Waals surface area contributed by atoms with E-state index in [1.807, 2.05) is 0 Å². The first-order valence-corrected chi connectivity index (χ1v) is 11.2. The molecule has 2 heterocycles. The molecule has 184 valence electrons. The van der Waals surface area contributed by atoms with Gasteiger partial charge in [-0.25, -0.2) is 9.59 Å². The predicted molar refractivity (Wildman–Crippen MR) is 132 cm³/mol. The van der Waals surface area contributed by atoms with E-state index in [-0.39, 0.29) is 28.6 Å².